The van der Waals surface area contributed by atoms with Crippen LogP contribution in [0.1, 0.15) is 46.5 Å². The number of fused-ring (bicyclic) bond motifs is 2. The van der Waals surface area contributed by atoms with Crippen molar-refractivity contribution in [3.8, 4) is 0 Å². The van der Waals surface area contributed by atoms with Gasteiger partial charge in [-0.1, -0.05) is 6.08 Å². The quantitative estimate of drug-likeness (QED) is 0.621. The molecule has 2 heterocycles. The van der Waals surface area contributed by atoms with E-state index in [9.17, 15) is 4.55 Å². The Balaban J connectivity index is 2.04. The van der Waals surface area contributed by atoms with E-state index in [4.69, 9.17) is 4.74 Å². The first-order valence-electron chi connectivity index (χ1n) is 6.36. The molecule has 2 aliphatic rings. The number of rotatable bonds is 4. The summed E-state index contributed by atoms with van der Waals surface area (Å²) in [4.78, 5) is 0. The van der Waals surface area contributed by atoms with Gasteiger partial charge >= 0.3 is 0 Å². The van der Waals surface area contributed by atoms with Crippen LogP contribution in [0.3, 0.4) is 0 Å². The Morgan fingerprint density at radius 1 is 1.47 bits per heavy atom. The molecule has 0 aliphatic carbocycles. The molecule has 0 aromatic carbocycles. The molecule has 4 heteroatoms. The minimum Gasteiger partial charge on any atom is -0.598 e. The van der Waals surface area contributed by atoms with Gasteiger partial charge in [0.15, 0.2) is 0 Å². The fourth-order valence-electron chi connectivity index (χ4n) is 2.69. The highest BCUT2D eigenvalue weighted by Gasteiger charge is 2.52. The standard InChI is InChI=1S/C13H23NO2S/c1-5-11(14-17(15)12(2,3)4)13-8-6-10(16-13)7-9-13/h5,10-11,14H,1,6-9H2,2-4H3. The van der Waals surface area contributed by atoms with Gasteiger partial charge in [-0.05, 0) is 46.5 Å². The van der Waals surface area contributed by atoms with Crippen LogP contribution >= 0.6 is 0 Å². The minimum absolute atomic E-state index is 0.00458. The van der Waals surface area contributed by atoms with Crippen molar-refractivity contribution in [1.29, 1.82) is 0 Å². The maximum absolute atomic E-state index is 12.2. The van der Waals surface area contributed by atoms with Crippen LogP contribution < -0.4 is 4.72 Å². The summed E-state index contributed by atoms with van der Waals surface area (Å²) in [7, 11) is 0. The monoisotopic (exact) mass is 257 g/mol. The lowest BCUT2D eigenvalue weighted by atomic mass is 9.83. The fourth-order valence-corrected chi connectivity index (χ4v) is 3.59. The summed E-state index contributed by atoms with van der Waals surface area (Å²) in [5.74, 6) is 0. The van der Waals surface area contributed by atoms with Crippen LogP contribution in [0.5, 0.6) is 0 Å². The maximum atomic E-state index is 12.2. The largest absolute Gasteiger partial charge is 0.598 e. The van der Waals surface area contributed by atoms with E-state index in [1.54, 1.807) is 0 Å². The van der Waals surface area contributed by atoms with Crippen LogP contribution in [0.25, 0.3) is 0 Å². The van der Waals surface area contributed by atoms with E-state index in [1.807, 2.05) is 26.8 Å². The first-order valence-corrected chi connectivity index (χ1v) is 7.51. The third-order valence-corrected chi connectivity index (χ3v) is 5.35. The minimum atomic E-state index is -1.07. The second kappa shape index (κ2) is 4.57. The lowest BCUT2D eigenvalue weighted by Gasteiger charge is -2.35. The van der Waals surface area contributed by atoms with Crippen LogP contribution in [0, 0.1) is 0 Å². The van der Waals surface area contributed by atoms with Crippen LogP contribution in [-0.2, 0) is 16.1 Å². The summed E-state index contributed by atoms with van der Waals surface area (Å²) in [6.07, 6.45) is 6.66. The zero-order valence-electron chi connectivity index (χ0n) is 11.0. The topological polar surface area (TPSA) is 44.3 Å². The second-order valence-electron chi connectivity index (χ2n) is 6.09. The Morgan fingerprint density at radius 2 is 2.06 bits per heavy atom. The molecule has 3 nitrogen and oxygen atoms in total. The van der Waals surface area contributed by atoms with Crippen molar-refractivity contribution in [2.75, 3.05) is 0 Å². The van der Waals surface area contributed by atoms with Gasteiger partial charge in [0.2, 0.25) is 0 Å². The molecule has 0 aromatic heterocycles. The number of ether oxygens (including phenoxy) is 1. The van der Waals surface area contributed by atoms with Gasteiger partial charge in [0.05, 0.1) is 17.7 Å². The predicted molar refractivity (Wildman–Crippen MR) is 71.1 cm³/mol. The Kier molecular flexibility index (Phi) is 3.61. The Hall–Kier alpha value is -0.0300. The molecule has 0 amide bonds. The molecule has 2 saturated heterocycles. The van der Waals surface area contributed by atoms with E-state index in [0.29, 0.717) is 6.10 Å². The summed E-state index contributed by atoms with van der Waals surface area (Å²) in [5.41, 5.74) is -0.146. The Morgan fingerprint density at radius 3 is 2.41 bits per heavy atom. The summed E-state index contributed by atoms with van der Waals surface area (Å²) in [5, 5.41) is 0. The lowest BCUT2D eigenvalue weighted by Crippen LogP contribution is -2.53. The molecular formula is C13H23NO2S. The molecule has 0 saturated carbocycles. The van der Waals surface area contributed by atoms with E-state index < -0.39 is 11.4 Å². The summed E-state index contributed by atoms with van der Waals surface area (Å²) in [6.45, 7) is 9.79. The predicted octanol–water partition coefficient (Wildman–Crippen LogP) is 2.30. The SMILES string of the molecule is C=CC(N[S+]([O-])C(C)(C)C)C12CCC(CC1)O2. The zero-order valence-corrected chi connectivity index (χ0v) is 11.8. The van der Waals surface area contributed by atoms with Gasteiger partial charge in [0, 0.05) is 11.4 Å². The molecule has 2 fully saturated rings. The van der Waals surface area contributed by atoms with Gasteiger partial charge in [-0.25, -0.2) is 0 Å². The molecule has 2 aliphatic heterocycles. The smallest absolute Gasteiger partial charge is 0.136 e. The molecule has 17 heavy (non-hydrogen) atoms. The molecule has 2 unspecified atom stereocenters. The van der Waals surface area contributed by atoms with E-state index in [0.717, 1.165) is 25.7 Å². The summed E-state index contributed by atoms with van der Waals surface area (Å²) >= 11 is -1.07. The van der Waals surface area contributed by atoms with Crippen LogP contribution in [0.4, 0.5) is 0 Å². The fraction of sp³-hybridized carbons (Fsp3) is 0.846. The highest BCUT2D eigenvalue weighted by atomic mass is 32.2. The Bertz CT molecular complexity index is 292. The van der Waals surface area contributed by atoms with Gasteiger partial charge in [-0.2, -0.15) is 0 Å². The van der Waals surface area contributed by atoms with Crippen molar-refractivity contribution >= 4 is 11.4 Å². The Labute approximate surface area is 107 Å². The molecule has 1 N–H and O–H groups in total. The van der Waals surface area contributed by atoms with Gasteiger partial charge in [0.25, 0.3) is 0 Å². The molecule has 98 valence electrons. The van der Waals surface area contributed by atoms with Crippen molar-refractivity contribution in [3.05, 3.63) is 12.7 Å². The molecule has 2 rings (SSSR count). The van der Waals surface area contributed by atoms with Crippen LogP contribution in [0.2, 0.25) is 0 Å². The van der Waals surface area contributed by atoms with E-state index in [1.165, 1.54) is 0 Å². The normalized spacial score (nSPS) is 35.9. The first kappa shape index (κ1) is 13.4. The van der Waals surface area contributed by atoms with Gasteiger partial charge in [0.1, 0.15) is 4.75 Å². The summed E-state index contributed by atoms with van der Waals surface area (Å²) in [6, 6.07) is -0.00458. The molecular weight excluding hydrogens is 234 g/mol. The number of nitrogens with one attached hydrogen (secondary N) is 1. The van der Waals surface area contributed by atoms with E-state index in [-0.39, 0.29) is 16.4 Å². The number of hydrogen-bond acceptors (Lipinski definition) is 3. The third kappa shape index (κ3) is 2.55. The van der Waals surface area contributed by atoms with E-state index in [2.05, 4.69) is 11.3 Å². The molecule has 2 bridgehead atoms. The second-order valence-corrected chi connectivity index (χ2v) is 8.09. The van der Waals surface area contributed by atoms with Crippen molar-refractivity contribution in [2.24, 2.45) is 0 Å². The average Bonchev–Trinajstić information content (AvgIpc) is 2.84. The average molecular weight is 257 g/mol. The molecule has 0 aromatic rings. The zero-order chi connectivity index (χ0) is 12.7. The highest BCUT2D eigenvalue weighted by molar-refractivity contribution is 7.90. The molecule has 0 spiro atoms. The van der Waals surface area contributed by atoms with Crippen molar-refractivity contribution in [2.45, 2.75) is 68.9 Å². The van der Waals surface area contributed by atoms with Crippen molar-refractivity contribution < 1.29 is 9.29 Å². The number of hydrogen-bond donors (Lipinski definition) is 1. The van der Waals surface area contributed by atoms with Crippen LogP contribution in [0.15, 0.2) is 12.7 Å². The van der Waals surface area contributed by atoms with Crippen LogP contribution in [-0.4, -0.2) is 27.0 Å². The van der Waals surface area contributed by atoms with Crippen molar-refractivity contribution in [1.82, 2.24) is 4.72 Å². The highest BCUT2D eigenvalue weighted by Crippen LogP contribution is 2.46. The van der Waals surface area contributed by atoms with Gasteiger partial charge in [-0.15, -0.1) is 11.3 Å². The maximum Gasteiger partial charge on any atom is 0.136 e. The first-order chi connectivity index (χ1) is 7.87. The molecule has 2 atom stereocenters. The summed E-state index contributed by atoms with van der Waals surface area (Å²) < 4.78 is 21.2. The van der Waals surface area contributed by atoms with E-state index >= 15 is 0 Å². The van der Waals surface area contributed by atoms with Crippen molar-refractivity contribution in [3.63, 3.8) is 0 Å². The molecule has 0 radical (unpaired) electrons. The van der Waals surface area contributed by atoms with Gasteiger partial charge in [-0.3, -0.25) is 0 Å². The third-order valence-electron chi connectivity index (χ3n) is 3.77. The van der Waals surface area contributed by atoms with Gasteiger partial charge < -0.3 is 9.29 Å². The lowest BCUT2D eigenvalue weighted by molar-refractivity contribution is 0.000792.